The van der Waals surface area contributed by atoms with Crippen molar-refractivity contribution in [3.63, 3.8) is 0 Å². The Balaban J connectivity index is 2.37. The van der Waals surface area contributed by atoms with Gasteiger partial charge in [0.05, 0.1) is 10.9 Å². The van der Waals surface area contributed by atoms with Crippen molar-refractivity contribution in [3.8, 4) is 0 Å². The topological polar surface area (TPSA) is 80.5 Å². The van der Waals surface area contributed by atoms with Gasteiger partial charge in [-0.25, -0.2) is 12.7 Å². The Hall–Kier alpha value is -1.40. The molecule has 1 aliphatic rings. The third-order valence-corrected chi connectivity index (χ3v) is 4.83. The van der Waals surface area contributed by atoms with Gasteiger partial charge in [-0.05, 0) is 31.4 Å². The molecule has 0 aliphatic carbocycles. The molecular weight excluding hydrogens is 252 g/mol. The summed E-state index contributed by atoms with van der Waals surface area (Å²) in [5.74, 6) is -0.503. The number of amides is 1. The van der Waals surface area contributed by atoms with Crippen LogP contribution in [0.4, 0.5) is 0 Å². The van der Waals surface area contributed by atoms with Crippen molar-refractivity contribution in [3.05, 3.63) is 30.3 Å². The number of nitrogens with two attached hydrogens (primary N) is 1. The molecule has 1 amide bonds. The lowest BCUT2D eigenvalue weighted by molar-refractivity contribution is -0.127. The SMILES string of the molecule is NC1CCCCN(S(=O)(=O)c2ccccc2)C1=O. The first-order valence-corrected chi connectivity index (χ1v) is 7.34. The molecule has 5 nitrogen and oxygen atoms in total. The molecule has 1 saturated heterocycles. The predicted molar refractivity (Wildman–Crippen MR) is 67.2 cm³/mol. The second-order valence-corrected chi connectivity index (χ2v) is 6.19. The highest BCUT2D eigenvalue weighted by molar-refractivity contribution is 7.89. The van der Waals surface area contributed by atoms with Crippen molar-refractivity contribution in [2.24, 2.45) is 5.73 Å². The zero-order valence-corrected chi connectivity index (χ0v) is 10.8. The number of sulfonamides is 1. The molecule has 1 aliphatic heterocycles. The highest BCUT2D eigenvalue weighted by Gasteiger charge is 2.33. The molecular formula is C12H16N2O3S. The molecule has 0 aromatic heterocycles. The van der Waals surface area contributed by atoms with Crippen LogP contribution >= 0.6 is 0 Å². The standard InChI is InChI=1S/C12H16N2O3S/c13-11-8-4-5-9-14(12(11)15)18(16,17)10-6-2-1-3-7-10/h1-3,6-7,11H,4-5,8-9,13H2. The van der Waals surface area contributed by atoms with E-state index in [9.17, 15) is 13.2 Å². The van der Waals surface area contributed by atoms with E-state index in [2.05, 4.69) is 0 Å². The first-order chi connectivity index (χ1) is 8.53. The summed E-state index contributed by atoms with van der Waals surface area (Å²) in [6.45, 7) is 0.212. The third kappa shape index (κ3) is 2.39. The lowest BCUT2D eigenvalue weighted by atomic mass is 10.1. The Labute approximate surface area is 107 Å². The lowest BCUT2D eigenvalue weighted by Gasteiger charge is -2.22. The Morgan fingerprint density at radius 2 is 1.83 bits per heavy atom. The molecule has 0 spiro atoms. The van der Waals surface area contributed by atoms with Crippen LogP contribution in [0.25, 0.3) is 0 Å². The normalized spacial score (nSPS) is 21.7. The van der Waals surface area contributed by atoms with E-state index in [1.807, 2.05) is 0 Å². The van der Waals surface area contributed by atoms with Crippen molar-refractivity contribution in [2.45, 2.75) is 30.2 Å². The number of hydrogen-bond acceptors (Lipinski definition) is 4. The Bertz CT molecular complexity index is 528. The number of rotatable bonds is 2. The highest BCUT2D eigenvalue weighted by atomic mass is 32.2. The smallest absolute Gasteiger partial charge is 0.266 e. The van der Waals surface area contributed by atoms with Gasteiger partial charge in [-0.2, -0.15) is 0 Å². The second-order valence-electron chi connectivity index (χ2n) is 4.33. The molecule has 2 rings (SSSR count). The zero-order chi connectivity index (χ0) is 13.2. The molecule has 98 valence electrons. The van der Waals surface area contributed by atoms with Gasteiger partial charge in [-0.1, -0.05) is 18.2 Å². The van der Waals surface area contributed by atoms with E-state index in [1.165, 1.54) is 12.1 Å². The molecule has 6 heteroatoms. The van der Waals surface area contributed by atoms with Gasteiger partial charge in [0.15, 0.2) is 0 Å². The van der Waals surface area contributed by atoms with Gasteiger partial charge in [0.25, 0.3) is 15.9 Å². The Morgan fingerprint density at radius 3 is 2.50 bits per heavy atom. The monoisotopic (exact) mass is 268 g/mol. The highest BCUT2D eigenvalue weighted by Crippen LogP contribution is 2.20. The summed E-state index contributed by atoms with van der Waals surface area (Å²) >= 11 is 0. The van der Waals surface area contributed by atoms with Gasteiger partial charge in [-0.15, -0.1) is 0 Å². The van der Waals surface area contributed by atoms with Crippen LogP contribution in [-0.4, -0.2) is 31.2 Å². The number of benzene rings is 1. The number of carbonyl (C=O) groups is 1. The Morgan fingerprint density at radius 1 is 1.17 bits per heavy atom. The summed E-state index contributed by atoms with van der Waals surface area (Å²) in [6, 6.07) is 7.25. The van der Waals surface area contributed by atoms with E-state index in [0.29, 0.717) is 12.8 Å². The fraction of sp³-hybridized carbons (Fsp3) is 0.417. The van der Waals surface area contributed by atoms with Crippen molar-refractivity contribution in [1.82, 2.24) is 4.31 Å². The lowest BCUT2D eigenvalue weighted by Crippen LogP contribution is -2.45. The summed E-state index contributed by atoms with van der Waals surface area (Å²) in [5.41, 5.74) is 5.69. The molecule has 0 radical (unpaired) electrons. The van der Waals surface area contributed by atoms with Gasteiger partial charge in [-0.3, -0.25) is 4.79 Å². The maximum absolute atomic E-state index is 12.3. The molecule has 1 unspecified atom stereocenters. The Kier molecular flexibility index (Phi) is 3.68. The van der Waals surface area contributed by atoms with Crippen LogP contribution in [-0.2, 0) is 14.8 Å². The molecule has 1 fully saturated rings. The second kappa shape index (κ2) is 5.07. The average Bonchev–Trinajstić information content (AvgIpc) is 2.54. The maximum Gasteiger partial charge on any atom is 0.266 e. The van der Waals surface area contributed by atoms with Crippen LogP contribution in [0.5, 0.6) is 0 Å². The van der Waals surface area contributed by atoms with Crippen LogP contribution in [0, 0.1) is 0 Å². The third-order valence-electron chi connectivity index (χ3n) is 3.02. The zero-order valence-electron chi connectivity index (χ0n) is 9.95. The van der Waals surface area contributed by atoms with Crippen LogP contribution in [0.2, 0.25) is 0 Å². The molecule has 0 saturated carbocycles. The first kappa shape index (κ1) is 13.0. The molecule has 1 heterocycles. The molecule has 1 aromatic carbocycles. The van der Waals surface area contributed by atoms with E-state index in [0.717, 1.165) is 10.7 Å². The van der Waals surface area contributed by atoms with E-state index in [1.54, 1.807) is 18.2 Å². The van der Waals surface area contributed by atoms with Crippen LogP contribution in [0.15, 0.2) is 35.2 Å². The van der Waals surface area contributed by atoms with Crippen molar-refractivity contribution in [1.29, 1.82) is 0 Å². The minimum absolute atomic E-state index is 0.132. The number of carbonyl (C=O) groups excluding carboxylic acids is 1. The minimum atomic E-state index is -3.76. The summed E-state index contributed by atoms with van der Waals surface area (Å²) in [4.78, 5) is 12.1. The molecule has 18 heavy (non-hydrogen) atoms. The predicted octanol–water partition coefficient (Wildman–Crippen LogP) is 0.715. The summed E-state index contributed by atoms with van der Waals surface area (Å²) < 4.78 is 25.6. The largest absolute Gasteiger partial charge is 0.320 e. The van der Waals surface area contributed by atoms with Crippen LogP contribution in [0.3, 0.4) is 0 Å². The van der Waals surface area contributed by atoms with Crippen molar-refractivity contribution < 1.29 is 13.2 Å². The van der Waals surface area contributed by atoms with Gasteiger partial charge < -0.3 is 5.73 Å². The van der Waals surface area contributed by atoms with Gasteiger partial charge >= 0.3 is 0 Å². The number of hydrogen-bond donors (Lipinski definition) is 1. The molecule has 1 atom stereocenters. The fourth-order valence-electron chi connectivity index (χ4n) is 2.00. The first-order valence-electron chi connectivity index (χ1n) is 5.90. The summed E-state index contributed by atoms with van der Waals surface area (Å²) in [6.07, 6.45) is 1.97. The van der Waals surface area contributed by atoms with Gasteiger partial charge in [0.1, 0.15) is 0 Å². The van der Waals surface area contributed by atoms with Gasteiger partial charge in [0, 0.05) is 6.54 Å². The molecule has 0 bridgehead atoms. The number of nitrogens with zero attached hydrogens (tertiary/aromatic N) is 1. The van der Waals surface area contributed by atoms with E-state index >= 15 is 0 Å². The maximum atomic E-state index is 12.3. The average molecular weight is 268 g/mol. The van der Waals surface area contributed by atoms with E-state index < -0.39 is 22.0 Å². The summed E-state index contributed by atoms with van der Waals surface area (Å²) in [5, 5.41) is 0. The summed E-state index contributed by atoms with van der Waals surface area (Å²) in [7, 11) is -3.76. The van der Waals surface area contributed by atoms with Crippen LogP contribution in [0.1, 0.15) is 19.3 Å². The quantitative estimate of drug-likeness (QED) is 0.856. The van der Waals surface area contributed by atoms with Crippen molar-refractivity contribution in [2.75, 3.05) is 6.54 Å². The van der Waals surface area contributed by atoms with Crippen LogP contribution < -0.4 is 5.73 Å². The van der Waals surface area contributed by atoms with Crippen molar-refractivity contribution >= 4 is 15.9 Å². The molecule has 2 N–H and O–H groups in total. The fourth-order valence-corrected chi connectivity index (χ4v) is 3.49. The van der Waals surface area contributed by atoms with Gasteiger partial charge in [0.2, 0.25) is 0 Å². The van der Waals surface area contributed by atoms with E-state index in [-0.39, 0.29) is 11.4 Å². The van der Waals surface area contributed by atoms with E-state index in [4.69, 9.17) is 5.73 Å². The minimum Gasteiger partial charge on any atom is -0.320 e. The molecule has 1 aromatic rings.